The van der Waals surface area contributed by atoms with Gasteiger partial charge in [0.05, 0.1) is 17.8 Å². The first-order valence-corrected chi connectivity index (χ1v) is 14.8. The molecule has 10 nitrogen and oxygen atoms in total. The van der Waals surface area contributed by atoms with E-state index in [9.17, 15) is 18.0 Å². The fourth-order valence-corrected chi connectivity index (χ4v) is 6.54. The number of nitrogens with one attached hydrogen (secondary N) is 1. The molecular weight excluding hydrogens is 526 g/mol. The van der Waals surface area contributed by atoms with Gasteiger partial charge in [-0.25, -0.2) is 8.42 Å². The molecule has 2 heterocycles. The van der Waals surface area contributed by atoms with Crippen molar-refractivity contribution in [2.75, 3.05) is 32.5 Å². The molecule has 1 aliphatic heterocycles. The molecule has 0 atom stereocenters. The lowest BCUT2D eigenvalue weighted by Crippen LogP contribution is -2.27. The van der Waals surface area contributed by atoms with Gasteiger partial charge in [0.25, 0.3) is 0 Å². The molecule has 0 unspecified atom stereocenters. The van der Waals surface area contributed by atoms with Crippen molar-refractivity contribution >= 4 is 33.5 Å². The molecule has 2 aromatic carbocycles. The SMILES string of the molecule is COc1ccc(-n2c(CCCNC(C)=O)nnc2SCC(=O)c2ccc(S(=O)(=O)N3CCCC3)cc2)cc1. The number of nitrogens with zero attached hydrogens (tertiary/aromatic N) is 4. The Morgan fingerprint density at radius 2 is 1.71 bits per heavy atom. The van der Waals surface area contributed by atoms with Crippen LogP contribution in [0.15, 0.2) is 58.6 Å². The van der Waals surface area contributed by atoms with E-state index in [4.69, 9.17) is 4.74 Å². The highest BCUT2D eigenvalue weighted by atomic mass is 32.2. The van der Waals surface area contributed by atoms with Crippen molar-refractivity contribution in [3.8, 4) is 11.4 Å². The van der Waals surface area contributed by atoms with Gasteiger partial charge in [-0.15, -0.1) is 10.2 Å². The molecule has 1 aromatic heterocycles. The lowest BCUT2D eigenvalue weighted by molar-refractivity contribution is -0.118. The maximum Gasteiger partial charge on any atom is 0.243 e. The summed E-state index contributed by atoms with van der Waals surface area (Å²) in [6.45, 7) is 3.06. The van der Waals surface area contributed by atoms with Gasteiger partial charge in [-0.3, -0.25) is 14.2 Å². The monoisotopic (exact) mass is 557 g/mol. The molecule has 0 bridgehead atoms. The summed E-state index contributed by atoms with van der Waals surface area (Å²) in [4.78, 5) is 24.3. The highest BCUT2D eigenvalue weighted by Gasteiger charge is 2.27. The first kappa shape index (κ1) is 27.8. The Kier molecular flexibility index (Phi) is 9.18. The number of rotatable bonds is 12. The molecule has 1 saturated heterocycles. The quantitative estimate of drug-likeness (QED) is 0.205. The number of hydrogen-bond donors (Lipinski definition) is 1. The van der Waals surface area contributed by atoms with Crippen molar-refractivity contribution < 1.29 is 22.7 Å². The normalized spacial score (nSPS) is 13.9. The van der Waals surface area contributed by atoms with Crippen molar-refractivity contribution in [1.29, 1.82) is 0 Å². The van der Waals surface area contributed by atoms with Gasteiger partial charge in [-0.05, 0) is 55.7 Å². The van der Waals surface area contributed by atoms with E-state index in [1.165, 1.54) is 35.1 Å². The fraction of sp³-hybridized carbons (Fsp3) is 0.385. The Bertz CT molecular complexity index is 1370. The molecule has 1 fully saturated rings. The standard InChI is InChI=1S/C26H31N5O5S2/c1-19(32)27-15-5-6-25-28-29-26(31(25)21-9-11-22(36-2)12-10-21)37-18-24(33)20-7-13-23(14-8-20)38(34,35)30-16-3-4-17-30/h7-14H,3-6,15-18H2,1-2H3,(H,27,32). The summed E-state index contributed by atoms with van der Waals surface area (Å²) in [5, 5.41) is 12.0. The largest absolute Gasteiger partial charge is 0.497 e. The third-order valence-corrected chi connectivity index (χ3v) is 9.04. The minimum atomic E-state index is -3.53. The van der Waals surface area contributed by atoms with Crippen LogP contribution in [0.1, 0.15) is 42.4 Å². The van der Waals surface area contributed by atoms with Gasteiger partial charge in [0.15, 0.2) is 10.9 Å². The van der Waals surface area contributed by atoms with E-state index < -0.39 is 10.0 Å². The summed E-state index contributed by atoms with van der Waals surface area (Å²) in [5.74, 6) is 1.31. The van der Waals surface area contributed by atoms with Crippen molar-refractivity contribution in [3.63, 3.8) is 0 Å². The van der Waals surface area contributed by atoms with Crippen molar-refractivity contribution in [1.82, 2.24) is 24.4 Å². The molecule has 1 aliphatic rings. The van der Waals surface area contributed by atoms with E-state index in [-0.39, 0.29) is 22.3 Å². The Balaban J connectivity index is 1.47. The van der Waals surface area contributed by atoms with Crippen LogP contribution in [0.5, 0.6) is 5.75 Å². The second kappa shape index (κ2) is 12.5. The van der Waals surface area contributed by atoms with Crippen molar-refractivity contribution in [3.05, 3.63) is 59.9 Å². The number of carbonyl (C=O) groups excluding carboxylic acids is 2. The Morgan fingerprint density at radius 3 is 2.34 bits per heavy atom. The second-order valence-corrected chi connectivity index (χ2v) is 11.7. The third-order valence-electron chi connectivity index (χ3n) is 6.19. The first-order chi connectivity index (χ1) is 18.3. The number of ether oxygens (including phenoxy) is 1. The number of benzene rings is 2. The van der Waals surface area contributed by atoms with Crippen LogP contribution in [0.3, 0.4) is 0 Å². The van der Waals surface area contributed by atoms with Crippen LogP contribution in [0.4, 0.5) is 0 Å². The third kappa shape index (κ3) is 6.61. The second-order valence-electron chi connectivity index (χ2n) is 8.87. The lowest BCUT2D eigenvalue weighted by Gasteiger charge is -2.15. The average molecular weight is 558 g/mol. The van der Waals surface area contributed by atoms with Crippen LogP contribution in [-0.2, 0) is 21.2 Å². The highest BCUT2D eigenvalue weighted by molar-refractivity contribution is 7.99. The number of amides is 1. The molecule has 1 N–H and O–H groups in total. The molecule has 3 aromatic rings. The van der Waals surface area contributed by atoms with Gasteiger partial charge in [-0.2, -0.15) is 4.31 Å². The molecule has 38 heavy (non-hydrogen) atoms. The predicted molar refractivity (Wildman–Crippen MR) is 144 cm³/mol. The van der Waals surface area contributed by atoms with E-state index in [2.05, 4.69) is 15.5 Å². The number of methoxy groups -OCH3 is 1. The number of thioether (sulfide) groups is 1. The van der Waals surface area contributed by atoms with Crippen LogP contribution >= 0.6 is 11.8 Å². The summed E-state index contributed by atoms with van der Waals surface area (Å²) >= 11 is 1.26. The predicted octanol–water partition coefficient (Wildman–Crippen LogP) is 3.10. The number of ketones is 1. The van der Waals surface area contributed by atoms with E-state index in [0.29, 0.717) is 54.8 Å². The molecule has 1 amide bonds. The first-order valence-electron chi connectivity index (χ1n) is 12.4. The van der Waals surface area contributed by atoms with E-state index in [1.54, 1.807) is 19.2 Å². The van der Waals surface area contributed by atoms with Gasteiger partial charge >= 0.3 is 0 Å². The number of carbonyl (C=O) groups is 2. The van der Waals surface area contributed by atoms with Crippen LogP contribution in [0.2, 0.25) is 0 Å². The Labute approximate surface area is 226 Å². The average Bonchev–Trinajstić information content (AvgIpc) is 3.61. The number of aromatic nitrogens is 3. The van der Waals surface area contributed by atoms with Crippen LogP contribution in [0, 0.1) is 0 Å². The lowest BCUT2D eigenvalue weighted by atomic mass is 10.1. The van der Waals surface area contributed by atoms with E-state index in [0.717, 1.165) is 18.5 Å². The Morgan fingerprint density at radius 1 is 1.03 bits per heavy atom. The summed E-state index contributed by atoms with van der Waals surface area (Å²) in [6, 6.07) is 13.6. The maximum atomic E-state index is 13.0. The molecule has 0 aliphatic carbocycles. The van der Waals surface area contributed by atoms with Crippen LogP contribution in [0.25, 0.3) is 5.69 Å². The topological polar surface area (TPSA) is 123 Å². The van der Waals surface area contributed by atoms with Crippen molar-refractivity contribution in [2.45, 2.75) is 42.7 Å². The number of hydrogen-bond acceptors (Lipinski definition) is 8. The number of aryl methyl sites for hydroxylation is 1. The molecule has 4 rings (SSSR count). The van der Waals surface area contributed by atoms with E-state index >= 15 is 0 Å². The summed E-state index contributed by atoms with van der Waals surface area (Å²) in [5.41, 5.74) is 1.26. The van der Waals surface area contributed by atoms with Crippen LogP contribution < -0.4 is 10.1 Å². The zero-order chi connectivity index (χ0) is 27.1. The fourth-order valence-electron chi connectivity index (χ4n) is 4.16. The zero-order valence-corrected chi connectivity index (χ0v) is 23.1. The number of sulfonamides is 1. The summed E-state index contributed by atoms with van der Waals surface area (Å²) in [7, 11) is -1.93. The summed E-state index contributed by atoms with van der Waals surface area (Å²) < 4.78 is 34.2. The molecule has 0 radical (unpaired) electrons. The van der Waals surface area contributed by atoms with Gasteiger partial charge in [0, 0.05) is 44.2 Å². The summed E-state index contributed by atoms with van der Waals surface area (Å²) in [6.07, 6.45) is 3.00. The van der Waals surface area contributed by atoms with Gasteiger partial charge in [-0.1, -0.05) is 23.9 Å². The zero-order valence-electron chi connectivity index (χ0n) is 21.4. The maximum absolute atomic E-state index is 13.0. The smallest absolute Gasteiger partial charge is 0.243 e. The Hall–Kier alpha value is -3.22. The molecule has 0 saturated carbocycles. The van der Waals surface area contributed by atoms with Gasteiger partial charge in [0.2, 0.25) is 15.9 Å². The molecule has 0 spiro atoms. The van der Waals surface area contributed by atoms with Crippen molar-refractivity contribution in [2.24, 2.45) is 0 Å². The van der Waals surface area contributed by atoms with Gasteiger partial charge < -0.3 is 10.1 Å². The highest BCUT2D eigenvalue weighted by Crippen LogP contribution is 2.26. The molecule has 12 heteroatoms. The number of Topliss-reactive ketones (excluding diaryl/α,β-unsaturated/α-hetero) is 1. The minimum absolute atomic E-state index is 0.0851. The van der Waals surface area contributed by atoms with Gasteiger partial charge in [0.1, 0.15) is 11.6 Å². The van der Waals surface area contributed by atoms with E-state index in [1.807, 2.05) is 28.8 Å². The molecular formula is C26H31N5O5S2. The van der Waals surface area contributed by atoms with Crippen LogP contribution in [-0.4, -0.2) is 71.7 Å². The molecule has 202 valence electrons. The minimum Gasteiger partial charge on any atom is -0.497 e.